The molecule has 0 unspecified atom stereocenters. The molecule has 0 atom stereocenters. The van der Waals surface area contributed by atoms with Gasteiger partial charge in [-0.25, -0.2) is 9.13 Å². The van der Waals surface area contributed by atoms with E-state index in [4.69, 9.17) is 0 Å². The van der Waals surface area contributed by atoms with E-state index in [1.165, 1.54) is 166 Å². The minimum Gasteiger partial charge on any atom is -0.234 e. The Morgan fingerprint density at radius 1 is 0.526 bits per heavy atom. The summed E-state index contributed by atoms with van der Waals surface area (Å²) in [5.74, 6) is 1.49. The highest BCUT2D eigenvalue weighted by Crippen LogP contribution is 2.14. The third kappa shape index (κ3) is 15.7. The fourth-order valence-electron chi connectivity index (χ4n) is 5.78. The molecule has 1 aromatic heterocycles. The molecule has 0 saturated carbocycles. The quantitative estimate of drug-likeness (QED) is 0.0856. The lowest BCUT2D eigenvalue weighted by Crippen LogP contribution is -2.37. The molecule has 2 rings (SSSR count). The van der Waals surface area contributed by atoms with Crippen LogP contribution in [0.4, 0.5) is 0 Å². The van der Waals surface area contributed by atoms with E-state index in [9.17, 15) is 0 Å². The third-order valence-corrected chi connectivity index (χ3v) is 8.30. The van der Waals surface area contributed by atoms with Crippen molar-refractivity contribution < 1.29 is 4.57 Å². The molecule has 0 fully saturated rings. The van der Waals surface area contributed by atoms with Crippen molar-refractivity contribution in [2.24, 2.45) is 0 Å². The van der Waals surface area contributed by atoms with Gasteiger partial charge in [0, 0.05) is 0 Å². The molecule has 1 heterocycles. The van der Waals surface area contributed by atoms with Gasteiger partial charge in [0.05, 0.1) is 19.5 Å². The van der Waals surface area contributed by atoms with Gasteiger partial charge in [-0.2, -0.15) is 0 Å². The highest BCUT2D eigenvalue weighted by molar-refractivity contribution is 5.18. The largest absolute Gasteiger partial charge is 0.260 e. The Hall–Kier alpha value is -1.57. The van der Waals surface area contributed by atoms with Gasteiger partial charge in [0.15, 0.2) is 0 Å². The molecule has 0 aliphatic rings. The van der Waals surface area contributed by atoms with Crippen molar-refractivity contribution in [3.63, 3.8) is 0 Å². The topological polar surface area (TPSA) is 8.81 Å². The number of hydrogen-bond acceptors (Lipinski definition) is 0. The predicted octanol–water partition coefficient (Wildman–Crippen LogP) is 11.0. The van der Waals surface area contributed by atoms with E-state index in [2.05, 4.69) is 65.7 Å². The van der Waals surface area contributed by atoms with Crippen molar-refractivity contribution in [1.82, 2.24) is 4.57 Å². The number of unbranched alkanes of at least 4 members (excludes halogenated alkanes) is 20. The summed E-state index contributed by atoms with van der Waals surface area (Å²) < 4.78 is 5.10. The lowest BCUT2D eigenvalue weighted by atomic mass is 10.0. The normalized spacial score (nSPS) is 11.4. The van der Waals surface area contributed by atoms with Crippen LogP contribution in [0.3, 0.4) is 0 Å². The average molecular weight is 524 g/mol. The van der Waals surface area contributed by atoms with Crippen LogP contribution >= 0.6 is 0 Å². The van der Waals surface area contributed by atoms with Gasteiger partial charge >= 0.3 is 0 Å². The SMILES string of the molecule is CCCCCCCCCCCCCCCC[n+]1ccn(CCCCCCCCCC)c1Cc1ccccc1. The van der Waals surface area contributed by atoms with Gasteiger partial charge in [-0.05, 0) is 31.2 Å². The van der Waals surface area contributed by atoms with Crippen molar-refractivity contribution in [3.05, 3.63) is 54.1 Å². The summed E-state index contributed by atoms with van der Waals surface area (Å²) in [6, 6.07) is 11.1. The molecule has 0 bridgehead atoms. The van der Waals surface area contributed by atoms with Crippen molar-refractivity contribution in [2.45, 2.75) is 175 Å². The summed E-state index contributed by atoms with van der Waals surface area (Å²) in [6.45, 7) is 6.95. The summed E-state index contributed by atoms with van der Waals surface area (Å²) in [7, 11) is 0. The molecular weight excluding hydrogens is 460 g/mol. The first-order valence-electron chi connectivity index (χ1n) is 17.0. The maximum absolute atomic E-state index is 2.55. The van der Waals surface area contributed by atoms with Crippen LogP contribution in [-0.4, -0.2) is 4.57 Å². The Morgan fingerprint density at radius 2 is 0.974 bits per heavy atom. The van der Waals surface area contributed by atoms with Gasteiger partial charge in [0.1, 0.15) is 12.4 Å². The Bertz CT molecular complexity index is 763. The number of nitrogens with zero attached hydrogens (tertiary/aromatic N) is 2. The van der Waals surface area contributed by atoms with Crippen LogP contribution in [0.1, 0.15) is 166 Å². The molecule has 216 valence electrons. The predicted molar refractivity (Wildman–Crippen MR) is 167 cm³/mol. The lowest BCUT2D eigenvalue weighted by molar-refractivity contribution is -0.703. The van der Waals surface area contributed by atoms with Crippen LogP contribution in [0.2, 0.25) is 0 Å². The smallest absolute Gasteiger partial charge is 0.234 e. The molecule has 1 aromatic carbocycles. The van der Waals surface area contributed by atoms with E-state index in [0.29, 0.717) is 0 Å². The Morgan fingerprint density at radius 3 is 1.47 bits per heavy atom. The standard InChI is InChI=1S/C36H63N2/c1-3-5-7-9-11-13-14-15-16-17-18-20-22-27-31-38-33-32-37(30-26-21-19-12-10-8-6-4-2)36(38)34-35-28-24-23-25-29-35/h23-25,28-29,32-33H,3-22,26-27,30-31,34H2,1-2H3/q+1. The molecule has 0 aliphatic heterocycles. The van der Waals surface area contributed by atoms with Gasteiger partial charge in [0.2, 0.25) is 0 Å². The van der Waals surface area contributed by atoms with Gasteiger partial charge < -0.3 is 0 Å². The molecule has 2 nitrogen and oxygen atoms in total. The highest BCUT2D eigenvalue weighted by atomic mass is 15.1. The first-order chi connectivity index (χ1) is 18.8. The van der Waals surface area contributed by atoms with Crippen LogP contribution in [0, 0.1) is 0 Å². The molecule has 0 N–H and O–H groups in total. The zero-order valence-corrected chi connectivity index (χ0v) is 25.6. The van der Waals surface area contributed by atoms with E-state index in [-0.39, 0.29) is 0 Å². The molecular formula is C36H63N2+. The third-order valence-electron chi connectivity index (χ3n) is 8.30. The molecule has 0 amide bonds. The van der Waals surface area contributed by atoms with E-state index in [1.807, 2.05) is 0 Å². The minimum atomic E-state index is 1.05. The maximum atomic E-state index is 2.55. The van der Waals surface area contributed by atoms with Crippen LogP contribution in [0.5, 0.6) is 0 Å². The zero-order valence-electron chi connectivity index (χ0n) is 25.6. The van der Waals surface area contributed by atoms with Crippen LogP contribution in [0.25, 0.3) is 0 Å². The number of aromatic nitrogens is 2. The van der Waals surface area contributed by atoms with Crippen LogP contribution in [-0.2, 0) is 19.5 Å². The van der Waals surface area contributed by atoms with Crippen molar-refractivity contribution in [3.8, 4) is 0 Å². The Labute approximate surface area is 237 Å². The van der Waals surface area contributed by atoms with Crippen molar-refractivity contribution in [2.75, 3.05) is 0 Å². The first-order valence-corrected chi connectivity index (χ1v) is 17.0. The first kappa shape index (κ1) is 32.6. The molecule has 2 heteroatoms. The Kier molecular flexibility index (Phi) is 20.0. The lowest BCUT2D eigenvalue weighted by Gasteiger charge is -2.07. The highest BCUT2D eigenvalue weighted by Gasteiger charge is 2.17. The van der Waals surface area contributed by atoms with Gasteiger partial charge in [-0.15, -0.1) is 0 Å². The number of imidazole rings is 1. The van der Waals surface area contributed by atoms with E-state index < -0.39 is 0 Å². The molecule has 2 aromatic rings. The number of benzene rings is 1. The molecule has 0 aliphatic carbocycles. The molecule has 0 saturated heterocycles. The number of hydrogen-bond donors (Lipinski definition) is 0. The fourth-order valence-corrected chi connectivity index (χ4v) is 5.78. The summed E-state index contributed by atoms with van der Waals surface area (Å²) in [5.41, 5.74) is 1.43. The second-order valence-electron chi connectivity index (χ2n) is 11.8. The monoisotopic (exact) mass is 523 g/mol. The molecule has 0 spiro atoms. The molecule has 0 radical (unpaired) electrons. The molecule has 38 heavy (non-hydrogen) atoms. The average Bonchev–Trinajstić information content (AvgIpc) is 3.31. The number of rotatable bonds is 26. The summed E-state index contributed by atoms with van der Waals surface area (Å²) in [6.07, 6.45) is 36.8. The van der Waals surface area contributed by atoms with E-state index in [0.717, 1.165) is 6.42 Å². The van der Waals surface area contributed by atoms with Gasteiger partial charge in [0.25, 0.3) is 5.82 Å². The fraction of sp³-hybridized carbons (Fsp3) is 0.750. The van der Waals surface area contributed by atoms with Crippen molar-refractivity contribution in [1.29, 1.82) is 0 Å². The van der Waals surface area contributed by atoms with Gasteiger partial charge in [-0.1, -0.05) is 160 Å². The van der Waals surface area contributed by atoms with Gasteiger partial charge in [-0.3, -0.25) is 0 Å². The summed E-state index contributed by atoms with van der Waals surface area (Å²) in [4.78, 5) is 0. The minimum absolute atomic E-state index is 1.05. The van der Waals surface area contributed by atoms with E-state index >= 15 is 0 Å². The Balaban J connectivity index is 1.63. The van der Waals surface area contributed by atoms with Crippen LogP contribution in [0.15, 0.2) is 42.7 Å². The maximum Gasteiger partial charge on any atom is 0.260 e. The second kappa shape index (κ2) is 23.3. The number of aryl methyl sites for hydroxylation is 2. The van der Waals surface area contributed by atoms with E-state index in [1.54, 1.807) is 0 Å². The second-order valence-corrected chi connectivity index (χ2v) is 11.8. The van der Waals surface area contributed by atoms with Crippen LogP contribution < -0.4 is 4.57 Å². The summed E-state index contributed by atoms with van der Waals surface area (Å²) >= 11 is 0. The van der Waals surface area contributed by atoms with Crippen molar-refractivity contribution >= 4 is 0 Å². The summed E-state index contributed by atoms with van der Waals surface area (Å²) in [5, 5.41) is 0. The zero-order chi connectivity index (χ0) is 26.9.